The largest absolute Gasteiger partial charge is 0.479 e. The van der Waals surface area contributed by atoms with Crippen LogP contribution in [0.5, 0.6) is 0 Å². The Balaban J connectivity index is 2.31. The molecule has 3 rings (SSSR count). The monoisotopic (exact) mass is 325 g/mol. The molecular formula is C16H11N3O5. The average Bonchev–Trinajstić information content (AvgIpc) is 2.71. The second kappa shape index (κ2) is 5.84. The van der Waals surface area contributed by atoms with Crippen LogP contribution in [0.1, 0.15) is 11.1 Å². The Morgan fingerprint density at radius 2 is 1.83 bits per heavy atom. The molecule has 8 heteroatoms. The van der Waals surface area contributed by atoms with Gasteiger partial charge in [-0.3, -0.25) is 14.9 Å². The second-order valence-electron chi connectivity index (χ2n) is 4.94. The summed E-state index contributed by atoms with van der Waals surface area (Å²) in [6, 6.07) is 12.5. The molecule has 1 amide bonds. The van der Waals surface area contributed by atoms with Crippen LogP contribution in [-0.2, 0) is 4.79 Å². The lowest BCUT2D eigenvalue weighted by Gasteiger charge is -2.09. The van der Waals surface area contributed by atoms with Crippen molar-refractivity contribution in [1.29, 1.82) is 0 Å². The van der Waals surface area contributed by atoms with Gasteiger partial charge in [0.15, 0.2) is 0 Å². The molecule has 1 aliphatic heterocycles. The molecule has 0 unspecified atom stereocenters. The van der Waals surface area contributed by atoms with Crippen molar-refractivity contribution < 1.29 is 19.9 Å². The first-order valence-electron chi connectivity index (χ1n) is 6.84. The molecule has 3 N–H and O–H groups in total. The van der Waals surface area contributed by atoms with Gasteiger partial charge in [0, 0.05) is 23.3 Å². The summed E-state index contributed by atoms with van der Waals surface area (Å²) in [6.07, 6.45) is 0. The third-order valence-electron chi connectivity index (χ3n) is 3.42. The number of aliphatic imine (C=N–C) groups is 1. The SMILES string of the molecule is O=C1Nc2ccc([N+](=O)[O-])cc2C(c2ccccc2)=NC1=C(O)O. The third-order valence-corrected chi connectivity index (χ3v) is 3.42. The van der Waals surface area contributed by atoms with Crippen LogP contribution in [0.15, 0.2) is 65.2 Å². The average molecular weight is 325 g/mol. The second-order valence-corrected chi connectivity index (χ2v) is 4.94. The number of hydrogen-bond donors (Lipinski definition) is 3. The van der Waals surface area contributed by atoms with Gasteiger partial charge < -0.3 is 15.5 Å². The molecule has 0 saturated heterocycles. The topological polar surface area (TPSA) is 125 Å². The van der Waals surface area contributed by atoms with Crippen LogP contribution < -0.4 is 5.32 Å². The number of aliphatic hydroxyl groups is 2. The fraction of sp³-hybridized carbons (Fsp3) is 0. The summed E-state index contributed by atoms with van der Waals surface area (Å²) in [5.41, 5.74) is 0.613. The van der Waals surface area contributed by atoms with E-state index in [1.165, 1.54) is 18.2 Å². The zero-order valence-electron chi connectivity index (χ0n) is 12.1. The summed E-state index contributed by atoms with van der Waals surface area (Å²) in [7, 11) is 0. The highest BCUT2D eigenvalue weighted by molar-refractivity contribution is 6.22. The summed E-state index contributed by atoms with van der Waals surface area (Å²) in [5, 5.41) is 32.1. The summed E-state index contributed by atoms with van der Waals surface area (Å²) in [5.74, 6) is -2.06. The number of benzodiazepines with no additional fused rings is 1. The van der Waals surface area contributed by atoms with E-state index in [1.54, 1.807) is 30.3 Å². The zero-order valence-corrected chi connectivity index (χ0v) is 12.1. The van der Waals surface area contributed by atoms with Crippen molar-refractivity contribution in [3.63, 3.8) is 0 Å². The highest BCUT2D eigenvalue weighted by Crippen LogP contribution is 2.29. The van der Waals surface area contributed by atoms with E-state index >= 15 is 0 Å². The fourth-order valence-corrected chi connectivity index (χ4v) is 2.32. The van der Waals surface area contributed by atoms with E-state index in [9.17, 15) is 25.1 Å². The number of fused-ring (bicyclic) bond motifs is 1. The van der Waals surface area contributed by atoms with Crippen molar-refractivity contribution in [2.24, 2.45) is 4.99 Å². The highest BCUT2D eigenvalue weighted by Gasteiger charge is 2.26. The summed E-state index contributed by atoms with van der Waals surface area (Å²) in [4.78, 5) is 26.6. The van der Waals surface area contributed by atoms with Crippen LogP contribution in [0, 0.1) is 10.1 Å². The van der Waals surface area contributed by atoms with Crippen molar-refractivity contribution in [3.05, 3.63) is 81.4 Å². The number of carbonyl (C=O) groups is 1. The van der Waals surface area contributed by atoms with Crippen molar-refractivity contribution in [2.45, 2.75) is 0 Å². The summed E-state index contributed by atoms with van der Waals surface area (Å²) >= 11 is 0. The molecular weight excluding hydrogens is 314 g/mol. The van der Waals surface area contributed by atoms with E-state index in [1.807, 2.05) is 0 Å². The molecule has 0 fully saturated rings. The Kier molecular flexibility index (Phi) is 3.70. The molecule has 0 aromatic heterocycles. The van der Waals surface area contributed by atoms with E-state index in [2.05, 4.69) is 10.3 Å². The Hall–Kier alpha value is -3.68. The van der Waals surface area contributed by atoms with Gasteiger partial charge in [-0.15, -0.1) is 0 Å². The molecule has 1 heterocycles. The number of nitro benzene ring substituents is 1. The normalized spacial score (nSPS) is 13.4. The minimum absolute atomic E-state index is 0.174. The van der Waals surface area contributed by atoms with Crippen LogP contribution in [0.25, 0.3) is 0 Å². The summed E-state index contributed by atoms with van der Waals surface area (Å²) < 4.78 is 0. The smallest absolute Gasteiger partial charge is 0.307 e. The Morgan fingerprint density at radius 3 is 2.46 bits per heavy atom. The Labute approximate surface area is 135 Å². The number of carbonyl (C=O) groups excluding carboxylic acids is 1. The predicted octanol–water partition coefficient (Wildman–Crippen LogP) is 2.67. The predicted molar refractivity (Wildman–Crippen MR) is 86.1 cm³/mol. The van der Waals surface area contributed by atoms with Gasteiger partial charge in [-0.1, -0.05) is 30.3 Å². The lowest BCUT2D eigenvalue weighted by molar-refractivity contribution is -0.384. The molecule has 0 bridgehead atoms. The molecule has 24 heavy (non-hydrogen) atoms. The third kappa shape index (κ3) is 2.68. The van der Waals surface area contributed by atoms with Gasteiger partial charge in [-0.2, -0.15) is 0 Å². The van der Waals surface area contributed by atoms with E-state index < -0.39 is 22.5 Å². The van der Waals surface area contributed by atoms with E-state index in [4.69, 9.17) is 0 Å². The van der Waals surface area contributed by atoms with Gasteiger partial charge in [0.2, 0.25) is 5.70 Å². The van der Waals surface area contributed by atoms with Gasteiger partial charge in [0.1, 0.15) is 0 Å². The number of hydrogen-bond acceptors (Lipinski definition) is 6. The fourth-order valence-electron chi connectivity index (χ4n) is 2.32. The van der Waals surface area contributed by atoms with Crippen LogP contribution in [-0.4, -0.2) is 26.8 Å². The molecule has 2 aromatic rings. The lowest BCUT2D eigenvalue weighted by atomic mass is 10.00. The zero-order chi connectivity index (χ0) is 17.3. The van der Waals surface area contributed by atoms with Gasteiger partial charge >= 0.3 is 5.95 Å². The maximum atomic E-state index is 12.1. The molecule has 8 nitrogen and oxygen atoms in total. The van der Waals surface area contributed by atoms with Crippen LogP contribution in [0.2, 0.25) is 0 Å². The lowest BCUT2D eigenvalue weighted by Crippen LogP contribution is -2.14. The molecule has 2 aromatic carbocycles. The van der Waals surface area contributed by atoms with Crippen molar-refractivity contribution >= 4 is 23.0 Å². The Morgan fingerprint density at radius 1 is 1.12 bits per heavy atom. The van der Waals surface area contributed by atoms with Gasteiger partial charge in [-0.05, 0) is 6.07 Å². The molecule has 0 radical (unpaired) electrons. The van der Waals surface area contributed by atoms with Gasteiger partial charge in [0.05, 0.1) is 16.3 Å². The van der Waals surface area contributed by atoms with Gasteiger partial charge in [0.25, 0.3) is 11.6 Å². The van der Waals surface area contributed by atoms with Crippen molar-refractivity contribution in [3.8, 4) is 0 Å². The minimum atomic E-state index is -1.23. The quantitative estimate of drug-likeness (QED) is 0.339. The number of rotatable bonds is 2. The molecule has 0 atom stereocenters. The first-order chi connectivity index (χ1) is 11.5. The van der Waals surface area contributed by atoms with E-state index in [0.717, 1.165) is 0 Å². The number of anilines is 1. The molecule has 120 valence electrons. The number of aliphatic hydroxyl groups excluding tert-OH is 1. The molecule has 0 spiro atoms. The number of nitro groups is 1. The minimum Gasteiger partial charge on any atom is -0.479 e. The Bertz CT molecular complexity index is 899. The first-order valence-corrected chi connectivity index (χ1v) is 6.84. The van der Waals surface area contributed by atoms with Crippen molar-refractivity contribution in [1.82, 2.24) is 0 Å². The standard InChI is InChI=1S/C16H11N3O5/c20-15-14(16(21)22)18-13(9-4-2-1-3-5-9)11-8-10(19(23)24)6-7-12(11)17-15/h1-8,21-22H,(H,17,20). The highest BCUT2D eigenvalue weighted by atomic mass is 16.6. The number of non-ortho nitro benzene ring substituents is 1. The van der Waals surface area contributed by atoms with E-state index in [-0.39, 0.29) is 17.1 Å². The van der Waals surface area contributed by atoms with E-state index in [0.29, 0.717) is 11.1 Å². The van der Waals surface area contributed by atoms with Gasteiger partial charge in [-0.25, -0.2) is 4.99 Å². The number of nitrogens with one attached hydrogen (secondary N) is 1. The number of amides is 1. The number of nitrogens with zero attached hydrogens (tertiary/aromatic N) is 2. The molecule has 1 aliphatic rings. The summed E-state index contributed by atoms with van der Waals surface area (Å²) in [6.45, 7) is 0. The first kappa shape index (κ1) is 15.2. The van der Waals surface area contributed by atoms with Crippen LogP contribution in [0.4, 0.5) is 11.4 Å². The molecule has 0 aliphatic carbocycles. The maximum Gasteiger partial charge on any atom is 0.307 e. The molecule has 0 saturated carbocycles. The van der Waals surface area contributed by atoms with Crippen LogP contribution >= 0.6 is 0 Å². The maximum absolute atomic E-state index is 12.1. The van der Waals surface area contributed by atoms with Crippen molar-refractivity contribution in [2.75, 3.05) is 5.32 Å². The van der Waals surface area contributed by atoms with Crippen LogP contribution in [0.3, 0.4) is 0 Å². The number of benzene rings is 2.